The van der Waals surface area contributed by atoms with Crippen LogP contribution in [0.2, 0.25) is 10.0 Å². The number of benzene rings is 2. The average Bonchev–Trinajstić information content (AvgIpc) is 2.41. The van der Waals surface area contributed by atoms with Gasteiger partial charge in [0, 0.05) is 23.3 Å². The van der Waals surface area contributed by atoms with Gasteiger partial charge in [-0.05, 0) is 0 Å². The average molecular weight is 296 g/mol. The first-order valence-corrected chi connectivity index (χ1v) is 5.99. The number of halogens is 2. The van der Waals surface area contributed by atoms with Crippen LogP contribution in [0.3, 0.4) is 0 Å². The van der Waals surface area contributed by atoms with Crippen molar-refractivity contribution in [1.29, 1.82) is 0 Å². The second kappa shape index (κ2) is 5.38. The molecule has 0 fully saturated rings. The van der Waals surface area contributed by atoms with E-state index in [1.165, 1.54) is 0 Å². The first-order valence-electron chi connectivity index (χ1n) is 5.24. The van der Waals surface area contributed by atoms with Gasteiger partial charge in [-0.1, -0.05) is 53.5 Å². The number of hydrogen-bond acceptors (Lipinski definition) is 3. The summed E-state index contributed by atoms with van der Waals surface area (Å²) in [6.07, 6.45) is 0. The van der Waals surface area contributed by atoms with E-state index in [1.807, 2.05) is 0 Å². The molecule has 0 heterocycles. The van der Waals surface area contributed by atoms with Crippen LogP contribution in [0.4, 0.5) is 5.69 Å². The van der Waals surface area contributed by atoms with Crippen molar-refractivity contribution in [2.75, 3.05) is 0 Å². The minimum absolute atomic E-state index is 0.0149. The van der Waals surface area contributed by atoms with Crippen LogP contribution in [0.5, 0.6) is 0 Å². The molecule has 4 nitrogen and oxygen atoms in total. The van der Waals surface area contributed by atoms with E-state index in [1.54, 1.807) is 30.3 Å². The molecule has 19 heavy (non-hydrogen) atoms. The molecule has 0 amide bonds. The van der Waals surface area contributed by atoms with E-state index < -0.39 is 10.7 Å². The zero-order valence-electron chi connectivity index (χ0n) is 9.47. The lowest BCUT2D eigenvalue weighted by molar-refractivity contribution is -0.384. The number of ketones is 1. The summed E-state index contributed by atoms with van der Waals surface area (Å²) in [5, 5.41) is 10.8. The molecule has 2 rings (SSSR count). The van der Waals surface area contributed by atoms with Gasteiger partial charge in [-0.25, -0.2) is 0 Å². The predicted octanol–water partition coefficient (Wildman–Crippen LogP) is 4.13. The lowest BCUT2D eigenvalue weighted by Gasteiger charge is -2.05. The molecule has 0 aromatic heterocycles. The number of carbonyl (C=O) groups is 1. The monoisotopic (exact) mass is 295 g/mol. The molecular formula is C13H7Cl2NO3. The Hall–Kier alpha value is -1.91. The minimum Gasteiger partial charge on any atom is -0.289 e. The molecule has 0 saturated carbocycles. The van der Waals surface area contributed by atoms with E-state index in [-0.39, 0.29) is 21.3 Å². The van der Waals surface area contributed by atoms with Crippen LogP contribution in [-0.2, 0) is 0 Å². The summed E-state index contributed by atoms with van der Waals surface area (Å²) in [5.41, 5.74) is 0.140. The van der Waals surface area contributed by atoms with Gasteiger partial charge in [0.1, 0.15) is 0 Å². The molecule has 0 saturated heterocycles. The van der Waals surface area contributed by atoms with Crippen molar-refractivity contribution in [3.8, 4) is 0 Å². The molecule has 0 aliphatic rings. The molecule has 0 unspecified atom stereocenters. The number of hydrogen-bond donors (Lipinski definition) is 0. The van der Waals surface area contributed by atoms with E-state index in [0.717, 1.165) is 12.1 Å². The summed E-state index contributed by atoms with van der Waals surface area (Å²) in [5.74, 6) is -0.406. The van der Waals surface area contributed by atoms with Gasteiger partial charge in [0.25, 0.3) is 5.69 Å². The van der Waals surface area contributed by atoms with E-state index in [0.29, 0.717) is 5.56 Å². The summed E-state index contributed by atoms with van der Waals surface area (Å²) < 4.78 is 0. The number of carbonyl (C=O) groups excluding carboxylic acids is 1. The number of rotatable bonds is 3. The number of nitro benzene ring substituents is 1. The van der Waals surface area contributed by atoms with E-state index in [2.05, 4.69) is 0 Å². The second-order valence-electron chi connectivity index (χ2n) is 3.74. The topological polar surface area (TPSA) is 60.2 Å². The Labute approximate surface area is 118 Å². The Kier molecular flexibility index (Phi) is 3.83. The molecule has 0 bridgehead atoms. The molecule has 6 heteroatoms. The maximum atomic E-state index is 12.2. The fourth-order valence-electron chi connectivity index (χ4n) is 1.59. The van der Waals surface area contributed by atoms with Gasteiger partial charge >= 0.3 is 0 Å². The van der Waals surface area contributed by atoms with E-state index in [4.69, 9.17) is 23.2 Å². The highest BCUT2D eigenvalue weighted by molar-refractivity contribution is 6.44. The third-order valence-electron chi connectivity index (χ3n) is 2.50. The van der Waals surface area contributed by atoms with Gasteiger partial charge in [-0.3, -0.25) is 14.9 Å². The van der Waals surface area contributed by atoms with Gasteiger partial charge in [0.2, 0.25) is 0 Å². The zero-order valence-corrected chi connectivity index (χ0v) is 11.0. The van der Waals surface area contributed by atoms with E-state index >= 15 is 0 Å². The van der Waals surface area contributed by atoms with Crippen molar-refractivity contribution < 1.29 is 9.72 Å². The van der Waals surface area contributed by atoms with Gasteiger partial charge in [0.05, 0.1) is 15.0 Å². The van der Waals surface area contributed by atoms with Gasteiger partial charge in [-0.2, -0.15) is 0 Å². The lowest BCUT2D eigenvalue weighted by Crippen LogP contribution is -2.03. The minimum atomic E-state index is -0.621. The number of nitrogens with zero attached hydrogens (tertiary/aromatic N) is 1. The summed E-state index contributed by atoms with van der Waals surface area (Å²) in [6.45, 7) is 0. The van der Waals surface area contributed by atoms with Crippen LogP contribution < -0.4 is 0 Å². The Balaban J connectivity index is 2.56. The Morgan fingerprint density at radius 3 is 2.32 bits per heavy atom. The molecule has 0 aliphatic carbocycles. The first kappa shape index (κ1) is 13.5. The maximum absolute atomic E-state index is 12.2. The predicted molar refractivity (Wildman–Crippen MR) is 73.0 cm³/mol. The standard InChI is InChI=1S/C13H7Cl2NO3/c14-11-7-9(16(18)19)6-10(12(11)15)13(17)8-4-2-1-3-5-8/h1-7H. The Morgan fingerprint density at radius 1 is 1.11 bits per heavy atom. The number of nitro groups is 1. The maximum Gasteiger partial charge on any atom is 0.271 e. The van der Waals surface area contributed by atoms with Crippen LogP contribution in [0.25, 0.3) is 0 Å². The lowest BCUT2D eigenvalue weighted by atomic mass is 10.0. The normalized spacial score (nSPS) is 10.2. The van der Waals surface area contributed by atoms with Crippen LogP contribution in [0.1, 0.15) is 15.9 Å². The molecule has 2 aromatic rings. The van der Waals surface area contributed by atoms with Crippen molar-refractivity contribution in [3.05, 3.63) is 73.8 Å². The Morgan fingerprint density at radius 2 is 1.74 bits per heavy atom. The molecule has 0 spiro atoms. The quantitative estimate of drug-likeness (QED) is 0.486. The third kappa shape index (κ3) is 2.75. The highest BCUT2D eigenvalue weighted by Gasteiger charge is 2.20. The van der Waals surface area contributed by atoms with Crippen LogP contribution >= 0.6 is 23.2 Å². The second-order valence-corrected chi connectivity index (χ2v) is 4.53. The summed E-state index contributed by atoms with van der Waals surface area (Å²) in [4.78, 5) is 22.4. The molecular weight excluding hydrogens is 289 g/mol. The van der Waals surface area contributed by atoms with Gasteiger partial charge in [0.15, 0.2) is 5.78 Å². The summed E-state index contributed by atoms with van der Waals surface area (Å²) in [7, 11) is 0. The van der Waals surface area contributed by atoms with Crippen molar-refractivity contribution >= 4 is 34.7 Å². The molecule has 0 N–H and O–H groups in total. The first-order chi connectivity index (χ1) is 9.00. The molecule has 0 radical (unpaired) electrons. The zero-order chi connectivity index (χ0) is 14.0. The number of non-ortho nitro benzene ring substituents is 1. The van der Waals surface area contributed by atoms with Crippen LogP contribution in [-0.4, -0.2) is 10.7 Å². The van der Waals surface area contributed by atoms with Gasteiger partial charge < -0.3 is 0 Å². The third-order valence-corrected chi connectivity index (χ3v) is 3.31. The molecule has 0 atom stereocenters. The van der Waals surface area contributed by atoms with Crippen molar-refractivity contribution in [2.24, 2.45) is 0 Å². The van der Waals surface area contributed by atoms with Gasteiger partial charge in [-0.15, -0.1) is 0 Å². The summed E-state index contributed by atoms with van der Waals surface area (Å²) in [6, 6.07) is 10.6. The van der Waals surface area contributed by atoms with Crippen LogP contribution in [0, 0.1) is 10.1 Å². The van der Waals surface area contributed by atoms with Crippen molar-refractivity contribution in [2.45, 2.75) is 0 Å². The van der Waals surface area contributed by atoms with E-state index in [9.17, 15) is 14.9 Å². The van der Waals surface area contributed by atoms with Crippen molar-refractivity contribution in [3.63, 3.8) is 0 Å². The molecule has 96 valence electrons. The van der Waals surface area contributed by atoms with Crippen LogP contribution in [0.15, 0.2) is 42.5 Å². The smallest absolute Gasteiger partial charge is 0.271 e. The molecule has 2 aromatic carbocycles. The SMILES string of the molecule is O=C(c1ccccc1)c1cc([N+](=O)[O-])cc(Cl)c1Cl. The van der Waals surface area contributed by atoms with Crippen molar-refractivity contribution in [1.82, 2.24) is 0 Å². The molecule has 0 aliphatic heterocycles. The fourth-order valence-corrected chi connectivity index (χ4v) is 2.00. The Bertz CT molecular complexity index is 656. The largest absolute Gasteiger partial charge is 0.289 e. The highest BCUT2D eigenvalue weighted by Crippen LogP contribution is 2.32. The highest BCUT2D eigenvalue weighted by atomic mass is 35.5. The fraction of sp³-hybridized carbons (Fsp3) is 0. The summed E-state index contributed by atoms with van der Waals surface area (Å²) >= 11 is 11.7.